The van der Waals surface area contributed by atoms with Gasteiger partial charge in [-0.2, -0.15) is 0 Å². The Morgan fingerprint density at radius 3 is 2.94 bits per heavy atom. The van der Waals surface area contributed by atoms with E-state index < -0.39 is 0 Å². The predicted octanol–water partition coefficient (Wildman–Crippen LogP) is 3.75. The minimum atomic E-state index is -0.203. The Kier molecular flexibility index (Phi) is 3.07. The average molecular weight is 299 g/mol. The molecular formula is C13H16BrFN2. The fraction of sp³-hybridized carbons (Fsp3) is 0.615. The van der Waals surface area contributed by atoms with Crippen molar-refractivity contribution in [1.29, 1.82) is 0 Å². The third-order valence-electron chi connectivity index (χ3n) is 4.07. The largest absolute Gasteiger partial charge is 0.351 e. The van der Waals surface area contributed by atoms with Gasteiger partial charge < -0.3 is 4.90 Å². The molecule has 4 heteroatoms. The van der Waals surface area contributed by atoms with Crippen LogP contribution in [0, 0.1) is 11.7 Å². The number of anilines is 1. The summed E-state index contributed by atoms with van der Waals surface area (Å²) in [6.07, 6.45) is 8.00. The van der Waals surface area contributed by atoms with Crippen LogP contribution in [-0.4, -0.2) is 17.6 Å². The molecule has 0 aromatic carbocycles. The second-order valence-corrected chi connectivity index (χ2v) is 5.97. The Bertz CT molecular complexity index is 424. The molecule has 1 aliphatic heterocycles. The molecule has 0 N–H and O–H groups in total. The third-order valence-corrected chi connectivity index (χ3v) is 4.50. The first-order valence-electron chi connectivity index (χ1n) is 6.33. The highest BCUT2D eigenvalue weighted by molar-refractivity contribution is 9.10. The van der Waals surface area contributed by atoms with E-state index in [9.17, 15) is 4.39 Å². The van der Waals surface area contributed by atoms with Crippen molar-refractivity contribution in [1.82, 2.24) is 4.98 Å². The molecule has 2 aliphatic rings. The zero-order valence-electron chi connectivity index (χ0n) is 9.70. The summed E-state index contributed by atoms with van der Waals surface area (Å²) in [5.74, 6) is 1.10. The number of aromatic nitrogens is 1. The molecule has 17 heavy (non-hydrogen) atoms. The van der Waals surface area contributed by atoms with E-state index in [-0.39, 0.29) is 5.82 Å². The van der Waals surface area contributed by atoms with Crippen LogP contribution < -0.4 is 4.90 Å². The first kappa shape index (κ1) is 11.5. The number of nitrogens with zero attached hydrogens (tertiary/aromatic N) is 2. The molecule has 2 nitrogen and oxygen atoms in total. The highest BCUT2D eigenvalue weighted by Crippen LogP contribution is 2.39. The predicted molar refractivity (Wildman–Crippen MR) is 69.6 cm³/mol. The minimum Gasteiger partial charge on any atom is -0.351 e. The Hall–Kier alpha value is -0.640. The normalized spacial score (nSPS) is 28.2. The van der Waals surface area contributed by atoms with Crippen molar-refractivity contribution in [3.05, 3.63) is 22.6 Å². The third kappa shape index (κ3) is 2.07. The number of hydrogen-bond donors (Lipinski definition) is 0. The molecular weight excluding hydrogens is 283 g/mol. The van der Waals surface area contributed by atoms with Crippen LogP contribution in [0.5, 0.6) is 0 Å². The van der Waals surface area contributed by atoms with Gasteiger partial charge in [-0.15, -0.1) is 0 Å². The van der Waals surface area contributed by atoms with E-state index in [4.69, 9.17) is 0 Å². The molecule has 2 heterocycles. The van der Waals surface area contributed by atoms with E-state index in [0.717, 1.165) is 12.5 Å². The highest BCUT2D eigenvalue weighted by atomic mass is 79.9. The molecule has 1 saturated carbocycles. The second kappa shape index (κ2) is 4.56. The monoisotopic (exact) mass is 298 g/mol. The summed E-state index contributed by atoms with van der Waals surface area (Å²) in [7, 11) is 0. The van der Waals surface area contributed by atoms with Crippen LogP contribution in [0.2, 0.25) is 0 Å². The lowest BCUT2D eigenvalue weighted by Crippen LogP contribution is -2.35. The number of pyridine rings is 1. The van der Waals surface area contributed by atoms with Gasteiger partial charge in [0.1, 0.15) is 0 Å². The Morgan fingerprint density at radius 1 is 1.29 bits per heavy atom. The van der Waals surface area contributed by atoms with Gasteiger partial charge in [0.25, 0.3) is 0 Å². The molecule has 3 rings (SSSR count). The van der Waals surface area contributed by atoms with Crippen LogP contribution >= 0.6 is 15.9 Å². The van der Waals surface area contributed by atoms with Crippen molar-refractivity contribution < 1.29 is 4.39 Å². The van der Waals surface area contributed by atoms with E-state index in [0.29, 0.717) is 16.3 Å². The first-order valence-corrected chi connectivity index (χ1v) is 7.12. The van der Waals surface area contributed by atoms with E-state index in [1.807, 2.05) is 0 Å². The van der Waals surface area contributed by atoms with Gasteiger partial charge in [-0.25, -0.2) is 9.37 Å². The SMILES string of the molecule is Fc1cc(Br)cnc1N1CCC2CCCCC21. The van der Waals surface area contributed by atoms with E-state index in [1.54, 1.807) is 6.20 Å². The lowest BCUT2D eigenvalue weighted by molar-refractivity contribution is 0.340. The Labute approximate surface area is 109 Å². The molecule has 0 bridgehead atoms. The zero-order valence-corrected chi connectivity index (χ0v) is 11.3. The summed E-state index contributed by atoms with van der Waals surface area (Å²) in [5.41, 5.74) is 0. The maximum absolute atomic E-state index is 13.9. The van der Waals surface area contributed by atoms with Crippen LogP contribution in [-0.2, 0) is 0 Å². The molecule has 2 atom stereocenters. The van der Waals surface area contributed by atoms with Crippen LogP contribution in [0.3, 0.4) is 0 Å². The Balaban J connectivity index is 1.88. The van der Waals surface area contributed by atoms with Gasteiger partial charge in [0.15, 0.2) is 11.6 Å². The van der Waals surface area contributed by atoms with Gasteiger partial charge in [-0.1, -0.05) is 12.8 Å². The lowest BCUT2D eigenvalue weighted by atomic mass is 9.85. The van der Waals surface area contributed by atoms with Crippen LogP contribution in [0.15, 0.2) is 16.7 Å². The van der Waals surface area contributed by atoms with Gasteiger partial charge >= 0.3 is 0 Å². The van der Waals surface area contributed by atoms with Gasteiger partial charge in [0, 0.05) is 23.3 Å². The smallest absolute Gasteiger partial charge is 0.166 e. The topological polar surface area (TPSA) is 16.1 Å². The van der Waals surface area contributed by atoms with Gasteiger partial charge in [-0.05, 0) is 47.2 Å². The fourth-order valence-corrected chi connectivity index (χ4v) is 3.59. The van der Waals surface area contributed by atoms with Gasteiger partial charge in [0.2, 0.25) is 0 Å². The van der Waals surface area contributed by atoms with Crippen molar-refractivity contribution in [3.8, 4) is 0 Å². The molecule has 1 aromatic heterocycles. The maximum Gasteiger partial charge on any atom is 0.166 e. The van der Waals surface area contributed by atoms with Crippen LogP contribution in [0.25, 0.3) is 0 Å². The number of halogens is 2. The first-order chi connectivity index (χ1) is 8.25. The van der Waals surface area contributed by atoms with E-state index >= 15 is 0 Å². The molecule has 1 aromatic rings. The molecule has 0 amide bonds. The van der Waals surface area contributed by atoms with Crippen molar-refractivity contribution in [2.24, 2.45) is 5.92 Å². The van der Waals surface area contributed by atoms with E-state index in [1.165, 1.54) is 38.2 Å². The van der Waals surface area contributed by atoms with Gasteiger partial charge in [-0.3, -0.25) is 0 Å². The summed E-state index contributed by atoms with van der Waals surface area (Å²) < 4.78 is 14.6. The second-order valence-electron chi connectivity index (χ2n) is 5.05. The lowest BCUT2D eigenvalue weighted by Gasteiger charge is -2.32. The maximum atomic E-state index is 13.9. The van der Waals surface area contributed by atoms with Crippen molar-refractivity contribution in [3.63, 3.8) is 0 Å². The zero-order chi connectivity index (χ0) is 11.8. The highest BCUT2D eigenvalue weighted by Gasteiger charge is 2.37. The summed E-state index contributed by atoms with van der Waals surface area (Å²) >= 11 is 3.25. The molecule has 1 saturated heterocycles. The molecule has 2 fully saturated rings. The molecule has 92 valence electrons. The summed E-state index contributed by atoms with van der Waals surface area (Å²) in [6.45, 7) is 0.959. The fourth-order valence-electron chi connectivity index (χ4n) is 3.29. The van der Waals surface area contributed by atoms with Crippen molar-refractivity contribution >= 4 is 21.7 Å². The molecule has 2 unspecified atom stereocenters. The summed E-state index contributed by atoms with van der Waals surface area (Å²) in [6, 6.07) is 2.03. The molecule has 0 spiro atoms. The minimum absolute atomic E-state index is 0.203. The quantitative estimate of drug-likeness (QED) is 0.785. The van der Waals surface area contributed by atoms with Crippen molar-refractivity contribution in [2.45, 2.75) is 38.1 Å². The summed E-state index contributed by atoms with van der Waals surface area (Å²) in [4.78, 5) is 6.44. The number of rotatable bonds is 1. The van der Waals surface area contributed by atoms with Crippen LogP contribution in [0.1, 0.15) is 32.1 Å². The standard InChI is InChI=1S/C13H16BrFN2/c14-10-7-11(15)13(16-8-10)17-6-5-9-3-1-2-4-12(9)17/h7-9,12H,1-6H2. The number of hydrogen-bond acceptors (Lipinski definition) is 2. The average Bonchev–Trinajstić information content (AvgIpc) is 2.73. The van der Waals surface area contributed by atoms with E-state index in [2.05, 4.69) is 25.8 Å². The van der Waals surface area contributed by atoms with Crippen molar-refractivity contribution in [2.75, 3.05) is 11.4 Å². The van der Waals surface area contributed by atoms with Gasteiger partial charge in [0.05, 0.1) is 0 Å². The summed E-state index contributed by atoms with van der Waals surface area (Å²) in [5, 5.41) is 0. The molecule has 1 aliphatic carbocycles. The van der Waals surface area contributed by atoms with Crippen LogP contribution in [0.4, 0.5) is 10.2 Å². The Morgan fingerprint density at radius 2 is 2.12 bits per heavy atom. The molecule has 0 radical (unpaired) electrons. The number of fused-ring (bicyclic) bond motifs is 1.